The first-order valence-electron chi connectivity index (χ1n) is 10.4. The molecule has 0 radical (unpaired) electrons. The number of ether oxygens (including phenoxy) is 1. The average Bonchev–Trinajstić information content (AvgIpc) is 2.63. The van der Waals surface area contributed by atoms with Gasteiger partial charge in [-0.05, 0) is 59.3 Å². The Morgan fingerprint density at radius 2 is 1.65 bits per heavy atom. The quantitative estimate of drug-likeness (QED) is 0.340. The molecule has 0 unspecified atom stereocenters. The van der Waals surface area contributed by atoms with Crippen molar-refractivity contribution in [2.24, 2.45) is 17.6 Å². The van der Waals surface area contributed by atoms with Gasteiger partial charge in [0.2, 0.25) is 17.7 Å². The van der Waals surface area contributed by atoms with Crippen molar-refractivity contribution in [2.75, 3.05) is 6.54 Å². The van der Waals surface area contributed by atoms with E-state index >= 15 is 0 Å². The molecule has 176 valence electrons. The second-order valence-electron chi connectivity index (χ2n) is 8.90. The number of nitrogens with two attached hydrogens (primary N) is 1. The van der Waals surface area contributed by atoms with Gasteiger partial charge < -0.3 is 31.5 Å². The summed E-state index contributed by atoms with van der Waals surface area (Å²) in [5, 5.41) is 16.7. The molecule has 0 bridgehead atoms. The van der Waals surface area contributed by atoms with Crippen LogP contribution in [0.2, 0.25) is 0 Å². The summed E-state index contributed by atoms with van der Waals surface area (Å²) in [6, 6.07) is -2.09. The van der Waals surface area contributed by atoms with Gasteiger partial charge in [0.15, 0.2) is 0 Å². The number of carboxylic acid groups (broad SMARTS) is 1. The number of hydrogen-bond donors (Lipinski definition) is 5. The number of carbonyl (C=O) groups is 5. The van der Waals surface area contributed by atoms with Crippen molar-refractivity contribution >= 4 is 29.8 Å². The Balaban J connectivity index is 2.38. The predicted molar refractivity (Wildman–Crippen MR) is 111 cm³/mol. The fourth-order valence-electron chi connectivity index (χ4n) is 3.27. The van der Waals surface area contributed by atoms with E-state index in [9.17, 15) is 24.0 Å². The smallest absolute Gasteiger partial charge is 0.408 e. The summed E-state index contributed by atoms with van der Waals surface area (Å²) in [6.45, 7) is 7.16. The SMILES string of the molecule is C[C@H](NC(=O)OC(C)(C)C)C(=O)NCC1CCC(C(=O)N[C@@H](CC(N)=O)C(=O)O)CC1. The lowest BCUT2D eigenvalue weighted by molar-refractivity contribution is -0.144. The summed E-state index contributed by atoms with van der Waals surface area (Å²) in [6.07, 6.45) is 1.32. The van der Waals surface area contributed by atoms with Crippen LogP contribution < -0.4 is 21.7 Å². The Morgan fingerprint density at radius 1 is 1.06 bits per heavy atom. The van der Waals surface area contributed by atoms with Gasteiger partial charge in [-0.25, -0.2) is 9.59 Å². The fourth-order valence-corrected chi connectivity index (χ4v) is 3.27. The molecule has 2 atom stereocenters. The second kappa shape index (κ2) is 11.5. The molecule has 1 aliphatic carbocycles. The molecule has 11 heteroatoms. The summed E-state index contributed by atoms with van der Waals surface area (Å²) < 4.78 is 5.12. The lowest BCUT2D eigenvalue weighted by atomic mass is 9.81. The normalized spacial score (nSPS) is 20.6. The minimum Gasteiger partial charge on any atom is -0.480 e. The zero-order chi connectivity index (χ0) is 23.8. The second-order valence-corrected chi connectivity index (χ2v) is 8.90. The van der Waals surface area contributed by atoms with E-state index in [1.54, 1.807) is 27.7 Å². The molecule has 1 rings (SSSR count). The number of primary amides is 1. The third-order valence-electron chi connectivity index (χ3n) is 4.93. The Bertz CT molecular complexity index is 682. The van der Waals surface area contributed by atoms with Crippen LogP contribution in [0, 0.1) is 11.8 Å². The number of hydrogen-bond acceptors (Lipinski definition) is 6. The third-order valence-corrected chi connectivity index (χ3v) is 4.93. The van der Waals surface area contributed by atoms with Gasteiger partial charge in [-0.3, -0.25) is 14.4 Å². The minimum atomic E-state index is -1.33. The van der Waals surface area contributed by atoms with Crippen LogP contribution in [0.15, 0.2) is 0 Å². The molecule has 1 saturated carbocycles. The molecule has 0 heterocycles. The van der Waals surface area contributed by atoms with Gasteiger partial charge in [-0.1, -0.05) is 0 Å². The number of rotatable bonds is 9. The molecule has 0 aromatic rings. The van der Waals surface area contributed by atoms with E-state index in [4.69, 9.17) is 15.6 Å². The van der Waals surface area contributed by atoms with Crippen molar-refractivity contribution in [3.05, 3.63) is 0 Å². The van der Waals surface area contributed by atoms with Crippen molar-refractivity contribution in [3.63, 3.8) is 0 Å². The van der Waals surface area contributed by atoms with Crippen LogP contribution in [0.1, 0.15) is 59.8 Å². The Hall–Kier alpha value is -2.85. The molecule has 0 saturated heterocycles. The summed E-state index contributed by atoms with van der Waals surface area (Å²) in [4.78, 5) is 58.3. The highest BCUT2D eigenvalue weighted by Crippen LogP contribution is 2.28. The highest BCUT2D eigenvalue weighted by atomic mass is 16.6. The molecular weight excluding hydrogens is 408 g/mol. The van der Waals surface area contributed by atoms with E-state index in [0.717, 1.165) is 0 Å². The highest BCUT2D eigenvalue weighted by molar-refractivity contribution is 5.89. The van der Waals surface area contributed by atoms with E-state index < -0.39 is 48.0 Å². The van der Waals surface area contributed by atoms with Crippen LogP contribution in [0.5, 0.6) is 0 Å². The Labute approximate surface area is 181 Å². The summed E-state index contributed by atoms with van der Waals surface area (Å²) in [5.74, 6) is -3.04. The van der Waals surface area contributed by atoms with Crippen molar-refractivity contribution in [1.82, 2.24) is 16.0 Å². The molecule has 0 aliphatic heterocycles. The first-order chi connectivity index (χ1) is 14.3. The van der Waals surface area contributed by atoms with Gasteiger partial charge in [0.1, 0.15) is 17.7 Å². The topological polar surface area (TPSA) is 177 Å². The molecule has 0 spiro atoms. The highest BCUT2D eigenvalue weighted by Gasteiger charge is 2.30. The van der Waals surface area contributed by atoms with Gasteiger partial charge in [-0.2, -0.15) is 0 Å². The number of carbonyl (C=O) groups excluding carboxylic acids is 4. The standard InChI is InChI=1S/C20H34N4O7/c1-11(23-19(30)31-20(2,3)4)16(26)22-10-12-5-7-13(8-6-12)17(27)24-14(18(28)29)9-15(21)25/h11-14H,5-10H2,1-4H3,(H2,21,25)(H,22,26)(H,23,30)(H,24,27)(H,28,29)/t11-,12?,13?,14-/m0/s1. The molecule has 6 N–H and O–H groups in total. The van der Waals surface area contributed by atoms with Crippen LogP contribution in [0.25, 0.3) is 0 Å². The first kappa shape index (κ1) is 26.2. The molecule has 0 aromatic heterocycles. The number of nitrogens with one attached hydrogen (secondary N) is 3. The molecular formula is C20H34N4O7. The summed E-state index contributed by atoms with van der Waals surface area (Å²) in [5.41, 5.74) is 4.36. The largest absolute Gasteiger partial charge is 0.480 e. The van der Waals surface area contributed by atoms with Crippen molar-refractivity contribution in [2.45, 2.75) is 77.5 Å². The maximum atomic E-state index is 12.3. The molecule has 11 nitrogen and oxygen atoms in total. The summed E-state index contributed by atoms with van der Waals surface area (Å²) in [7, 11) is 0. The number of alkyl carbamates (subject to hydrolysis) is 1. The molecule has 1 aliphatic rings. The van der Waals surface area contributed by atoms with Gasteiger partial charge in [-0.15, -0.1) is 0 Å². The van der Waals surface area contributed by atoms with E-state index in [1.165, 1.54) is 0 Å². The predicted octanol–water partition coefficient (Wildman–Crippen LogP) is 0.267. The minimum absolute atomic E-state index is 0.169. The lowest BCUT2D eigenvalue weighted by Gasteiger charge is -2.29. The Kier molecular flexibility index (Phi) is 9.73. The number of aliphatic carboxylic acids is 1. The van der Waals surface area contributed by atoms with Gasteiger partial charge >= 0.3 is 12.1 Å². The molecule has 4 amide bonds. The average molecular weight is 443 g/mol. The number of amides is 4. The summed E-state index contributed by atoms with van der Waals surface area (Å²) >= 11 is 0. The third kappa shape index (κ3) is 10.1. The molecule has 1 fully saturated rings. The van der Waals surface area contributed by atoms with E-state index in [1.807, 2.05) is 0 Å². The maximum Gasteiger partial charge on any atom is 0.408 e. The fraction of sp³-hybridized carbons (Fsp3) is 0.750. The van der Waals surface area contributed by atoms with Crippen molar-refractivity contribution < 1.29 is 33.8 Å². The van der Waals surface area contributed by atoms with Gasteiger partial charge in [0, 0.05) is 12.5 Å². The van der Waals surface area contributed by atoms with Gasteiger partial charge in [0.05, 0.1) is 6.42 Å². The van der Waals surface area contributed by atoms with Crippen LogP contribution in [-0.2, 0) is 23.9 Å². The first-order valence-corrected chi connectivity index (χ1v) is 10.4. The van der Waals surface area contributed by atoms with Crippen LogP contribution >= 0.6 is 0 Å². The zero-order valence-corrected chi connectivity index (χ0v) is 18.5. The van der Waals surface area contributed by atoms with Crippen molar-refractivity contribution in [1.29, 1.82) is 0 Å². The van der Waals surface area contributed by atoms with Crippen LogP contribution in [-0.4, -0.2) is 59.1 Å². The number of carboxylic acids is 1. The van der Waals surface area contributed by atoms with E-state index in [0.29, 0.717) is 32.2 Å². The lowest BCUT2D eigenvalue weighted by Crippen LogP contribution is -2.48. The zero-order valence-electron chi connectivity index (χ0n) is 18.5. The van der Waals surface area contributed by atoms with Crippen molar-refractivity contribution in [3.8, 4) is 0 Å². The van der Waals surface area contributed by atoms with Gasteiger partial charge in [0.25, 0.3) is 0 Å². The van der Waals surface area contributed by atoms with Crippen LogP contribution in [0.3, 0.4) is 0 Å². The van der Waals surface area contributed by atoms with E-state index in [2.05, 4.69) is 16.0 Å². The maximum absolute atomic E-state index is 12.3. The molecule has 0 aromatic carbocycles. The van der Waals surface area contributed by atoms with E-state index in [-0.39, 0.29) is 17.7 Å². The molecule has 31 heavy (non-hydrogen) atoms. The Morgan fingerprint density at radius 3 is 2.13 bits per heavy atom. The monoisotopic (exact) mass is 442 g/mol. The van der Waals surface area contributed by atoms with Crippen LogP contribution in [0.4, 0.5) is 4.79 Å².